The SMILES string of the molecule is C[C@H](C(=O)Nc1cc(F)ccc1F)N1CCC[C@H](CNS(N)(=O)=O)C1. The highest BCUT2D eigenvalue weighted by atomic mass is 32.2. The van der Waals surface area contributed by atoms with Crippen LogP contribution in [0, 0.1) is 17.6 Å². The lowest BCUT2D eigenvalue weighted by atomic mass is 9.97. The second-order valence-corrected chi connectivity index (χ2v) is 7.56. The normalized spacial score (nSPS) is 20.2. The number of carbonyl (C=O) groups excluding carboxylic acids is 1. The third-order valence-electron chi connectivity index (χ3n) is 4.24. The Hall–Kier alpha value is -1.62. The molecule has 0 saturated carbocycles. The van der Waals surface area contributed by atoms with E-state index in [1.54, 1.807) is 6.92 Å². The molecule has 0 unspecified atom stereocenters. The Balaban J connectivity index is 1.95. The van der Waals surface area contributed by atoms with Crippen LogP contribution in [-0.2, 0) is 15.0 Å². The summed E-state index contributed by atoms with van der Waals surface area (Å²) < 4.78 is 51.1. The Morgan fingerprint density at radius 1 is 1.44 bits per heavy atom. The van der Waals surface area contributed by atoms with Crippen LogP contribution in [0.5, 0.6) is 0 Å². The minimum Gasteiger partial charge on any atom is -0.322 e. The lowest BCUT2D eigenvalue weighted by Gasteiger charge is -2.36. The molecule has 0 aliphatic carbocycles. The highest BCUT2D eigenvalue weighted by Gasteiger charge is 2.28. The average Bonchev–Trinajstić information content (AvgIpc) is 2.55. The van der Waals surface area contributed by atoms with Crippen LogP contribution < -0.4 is 15.2 Å². The first-order valence-electron chi connectivity index (χ1n) is 7.93. The molecule has 25 heavy (non-hydrogen) atoms. The fourth-order valence-electron chi connectivity index (χ4n) is 2.85. The molecule has 0 aromatic heterocycles. The van der Waals surface area contributed by atoms with E-state index in [2.05, 4.69) is 10.0 Å². The Morgan fingerprint density at radius 2 is 2.16 bits per heavy atom. The molecule has 140 valence electrons. The van der Waals surface area contributed by atoms with Gasteiger partial charge in [-0.1, -0.05) is 0 Å². The van der Waals surface area contributed by atoms with Crippen molar-refractivity contribution in [1.29, 1.82) is 0 Å². The molecule has 1 aromatic carbocycles. The van der Waals surface area contributed by atoms with Gasteiger partial charge in [-0.25, -0.2) is 18.6 Å². The molecular weight excluding hydrogens is 354 g/mol. The van der Waals surface area contributed by atoms with Gasteiger partial charge in [-0.2, -0.15) is 8.42 Å². The molecule has 10 heteroatoms. The molecule has 1 fully saturated rings. The lowest BCUT2D eigenvalue weighted by Crippen LogP contribution is -2.49. The quantitative estimate of drug-likeness (QED) is 0.683. The monoisotopic (exact) mass is 376 g/mol. The number of hydrogen-bond donors (Lipinski definition) is 3. The first-order chi connectivity index (χ1) is 11.7. The van der Waals surface area contributed by atoms with Crippen LogP contribution in [-0.4, -0.2) is 44.9 Å². The number of piperidine rings is 1. The van der Waals surface area contributed by atoms with Crippen molar-refractivity contribution in [2.24, 2.45) is 11.1 Å². The predicted molar refractivity (Wildman–Crippen MR) is 89.9 cm³/mol. The maximum absolute atomic E-state index is 13.6. The van der Waals surface area contributed by atoms with Gasteiger partial charge in [0.05, 0.1) is 11.7 Å². The van der Waals surface area contributed by atoms with Crippen molar-refractivity contribution in [3.05, 3.63) is 29.8 Å². The van der Waals surface area contributed by atoms with E-state index in [9.17, 15) is 22.0 Å². The largest absolute Gasteiger partial charge is 0.322 e. The summed E-state index contributed by atoms with van der Waals surface area (Å²) in [6.45, 7) is 3.03. The van der Waals surface area contributed by atoms with Gasteiger partial charge in [-0.3, -0.25) is 9.69 Å². The maximum atomic E-state index is 13.6. The summed E-state index contributed by atoms with van der Waals surface area (Å²) >= 11 is 0. The van der Waals surface area contributed by atoms with Gasteiger partial charge in [0, 0.05) is 19.2 Å². The highest BCUT2D eigenvalue weighted by molar-refractivity contribution is 7.87. The van der Waals surface area contributed by atoms with E-state index in [-0.39, 0.29) is 18.2 Å². The molecule has 2 atom stereocenters. The van der Waals surface area contributed by atoms with Crippen LogP contribution in [0.1, 0.15) is 19.8 Å². The molecule has 0 radical (unpaired) electrons. The number of amides is 1. The van der Waals surface area contributed by atoms with Crippen molar-refractivity contribution in [3.8, 4) is 0 Å². The molecule has 0 spiro atoms. The number of halogens is 2. The van der Waals surface area contributed by atoms with Gasteiger partial charge in [0.1, 0.15) is 11.6 Å². The van der Waals surface area contributed by atoms with Gasteiger partial charge in [-0.15, -0.1) is 0 Å². The predicted octanol–water partition coefficient (Wildman–Crippen LogP) is 0.797. The van der Waals surface area contributed by atoms with Crippen molar-refractivity contribution in [3.63, 3.8) is 0 Å². The fraction of sp³-hybridized carbons (Fsp3) is 0.533. The number of benzene rings is 1. The zero-order chi connectivity index (χ0) is 18.6. The van der Waals surface area contributed by atoms with Crippen molar-refractivity contribution in [2.45, 2.75) is 25.8 Å². The van der Waals surface area contributed by atoms with E-state index in [1.165, 1.54) is 0 Å². The first kappa shape index (κ1) is 19.7. The molecule has 1 heterocycles. The molecule has 4 N–H and O–H groups in total. The van der Waals surface area contributed by atoms with E-state index in [0.29, 0.717) is 13.1 Å². The number of rotatable bonds is 6. The second kappa shape index (κ2) is 8.17. The van der Waals surface area contributed by atoms with Gasteiger partial charge in [-0.05, 0) is 44.4 Å². The summed E-state index contributed by atoms with van der Waals surface area (Å²) in [6.07, 6.45) is 1.61. The molecule has 0 bridgehead atoms. The van der Waals surface area contributed by atoms with Crippen LogP contribution in [0.3, 0.4) is 0 Å². The fourth-order valence-corrected chi connectivity index (χ4v) is 3.31. The molecule has 1 aliphatic heterocycles. The molecule has 1 aliphatic rings. The smallest absolute Gasteiger partial charge is 0.274 e. The average molecular weight is 376 g/mol. The number of nitrogens with one attached hydrogen (secondary N) is 2. The van der Waals surface area contributed by atoms with Crippen LogP contribution in [0.25, 0.3) is 0 Å². The van der Waals surface area contributed by atoms with E-state index >= 15 is 0 Å². The van der Waals surface area contributed by atoms with E-state index in [0.717, 1.165) is 31.0 Å². The zero-order valence-corrected chi connectivity index (χ0v) is 14.7. The third kappa shape index (κ3) is 5.99. The van der Waals surface area contributed by atoms with Gasteiger partial charge in [0.2, 0.25) is 5.91 Å². The minimum absolute atomic E-state index is 0.0215. The third-order valence-corrected chi connectivity index (χ3v) is 4.81. The summed E-state index contributed by atoms with van der Waals surface area (Å²) in [5, 5.41) is 7.32. The summed E-state index contributed by atoms with van der Waals surface area (Å²) in [7, 11) is -3.75. The summed E-state index contributed by atoms with van der Waals surface area (Å²) in [5.74, 6) is -1.79. The highest BCUT2D eigenvalue weighted by Crippen LogP contribution is 2.20. The van der Waals surface area contributed by atoms with E-state index in [4.69, 9.17) is 5.14 Å². The van der Waals surface area contributed by atoms with Crippen molar-refractivity contribution in [1.82, 2.24) is 9.62 Å². The summed E-state index contributed by atoms with van der Waals surface area (Å²) in [6, 6.07) is 2.28. The van der Waals surface area contributed by atoms with Gasteiger partial charge < -0.3 is 5.32 Å². The molecule has 1 aromatic rings. The van der Waals surface area contributed by atoms with Gasteiger partial charge >= 0.3 is 0 Å². The number of carbonyl (C=O) groups is 1. The van der Waals surface area contributed by atoms with Crippen LogP contribution >= 0.6 is 0 Å². The maximum Gasteiger partial charge on any atom is 0.274 e. The van der Waals surface area contributed by atoms with Crippen LogP contribution in [0.4, 0.5) is 14.5 Å². The molecule has 2 rings (SSSR count). The van der Waals surface area contributed by atoms with Crippen molar-refractivity contribution in [2.75, 3.05) is 25.0 Å². The molecule has 1 saturated heterocycles. The number of nitrogens with two attached hydrogens (primary N) is 1. The topological polar surface area (TPSA) is 105 Å². The summed E-state index contributed by atoms with van der Waals surface area (Å²) in [5.41, 5.74) is -0.207. The van der Waals surface area contributed by atoms with Gasteiger partial charge in [0.15, 0.2) is 0 Å². The Kier molecular flexibility index (Phi) is 6.44. The number of anilines is 1. The van der Waals surface area contributed by atoms with E-state index < -0.39 is 33.8 Å². The Labute approximate surface area is 145 Å². The molecular formula is C15H22F2N4O3S. The molecule has 7 nitrogen and oxygen atoms in total. The molecule has 1 amide bonds. The summed E-state index contributed by atoms with van der Waals surface area (Å²) in [4.78, 5) is 14.2. The van der Waals surface area contributed by atoms with Crippen LogP contribution in [0.15, 0.2) is 18.2 Å². The van der Waals surface area contributed by atoms with Crippen molar-refractivity contribution >= 4 is 21.8 Å². The number of nitrogens with zero attached hydrogens (tertiary/aromatic N) is 1. The number of hydrogen-bond acceptors (Lipinski definition) is 4. The lowest BCUT2D eigenvalue weighted by molar-refractivity contribution is -0.121. The Morgan fingerprint density at radius 3 is 2.84 bits per heavy atom. The minimum atomic E-state index is -3.75. The first-order valence-corrected chi connectivity index (χ1v) is 9.47. The standard InChI is InChI=1S/C15H22F2N4O3S/c1-10(15(22)20-14-7-12(16)4-5-13(14)17)21-6-2-3-11(9-21)8-19-25(18,23)24/h4-5,7,10-11,19H,2-3,6,8-9H2,1H3,(H,20,22)(H2,18,23,24)/t10-,11-/m1/s1. The van der Waals surface area contributed by atoms with Crippen molar-refractivity contribution < 1.29 is 22.0 Å². The van der Waals surface area contributed by atoms with Crippen LogP contribution in [0.2, 0.25) is 0 Å². The zero-order valence-electron chi connectivity index (χ0n) is 13.8. The second-order valence-electron chi connectivity index (χ2n) is 6.19. The van der Waals surface area contributed by atoms with E-state index in [1.807, 2.05) is 4.90 Å². The van der Waals surface area contributed by atoms with Gasteiger partial charge in [0.25, 0.3) is 10.2 Å². The number of likely N-dealkylation sites (tertiary alicyclic amines) is 1. The Bertz CT molecular complexity index is 729.